The van der Waals surface area contributed by atoms with Gasteiger partial charge in [-0.15, -0.1) is 11.3 Å². The Kier molecular flexibility index (Phi) is 4.54. The molecule has 1 aromatic heterocycles. The van der Waals surface area contributed by atoms with Crippen LogP contribution in [0.3, 0.4) is 0 Å². The molecule has 0 bridgehead atoms. The third-order valence-corrected chi connectivity index (χ3v) is 3.90. The molecular formula is C12H18N2O3S. The minimum atomic E-state index is -0.373. The SMILES string of the molecule is CCOC1CCN(c2nc(C(=O)OC)cs2)CC1. The summed E-state index contributed by atoms with van der Waals surface area (Å²) < 4.78 is 10.3. The molecule has 1 aliphatic heterocycles. The number of esters is 1. The molecule has 1 fully saturated rings. The molecule has 0 unspecified atom stereocenters. The number of ether oxygens (including phenoxy) is 2. The maximum Gasteiger partial charge on any atom is 0.357 e. The first-order chi connectivity index (χ1) is 8.74. The lowest BCUT2D eigenvalue weighted by Gasteiger charge is -2.31. The molecule has 0 aromatic carbocycles. The average Bonchev–Trinajstić information content (AvgIpc) is 2.89. The predicted molar refractivity (Wildman–Crippen MR) is 70.3 cm³/mol. The van der Waals surface area contributed by atoms with Gasteiger partial charge >= 0.3 is 5.97 Å². The van der Waals surface area contributed by atoms with E-state index in [0.717, 1.165) is 37.7 Å². The van der Waals surface area contributed by atoms with Crippen molar-refractivity contribution in [3.63, 3.8) is 0 Å². The van der Waals surface area contributed by atoms with Gasteiger partial charge in [-0.1, -0.05) is 0 Å². The molecule has 0 N–H and O–H groups in total. The summed E-state index contributed by atoms with van der Waals surface area (Å²) in [7, 11) is 1.37. The number of anilines is 1. The number of thiazole rings is 1. The van der Waals surface area contributed by atoms with Gasteiger partial charge in [0.15, 0.2) is 10.8 Å². The Labute approximate surface area is 111 Å². The van der Waals surface area contributed by atoms with Gasteiger partial charge in [0.05, 0.1) is 13.2 Å². The molecule has 1 aliphatic rings. The van der Waals surface area contributed by atoms with E-state index in [9.17, 15) is 4.79 Å². The van der Waals surface area contributed by atoms with Crippen LogP contribution in [0.1, 0.15) is 30.3 Å². The normalized spacial score (nSPS) is 16.9. The van der Waals surface area contributed by atoms with E-state index in [4.69, 9.17) is 4.74 Å². The standard InChI is InChI=1S/C12H18N2O3S/c1-3-17-9-4-6-14(7-5-9)12-13-10(8-18-12)11(15)16-2/h8-9H,3-7H2,1-2H3. The summed E-state index contributed by atoms with van der Waals surface area (Å²) in [6.07, 6.45) is 2.40. The Bertz CT molecular complexity index is 400. The van der Waals surface area contributed by atoms with E-state index in [1.807, 2.05) is 6.92 Å². The summed E-state index contributed by atoms with van der Waals surface area (Å²) in [4.78, 5) is 17.8. The second kappa shape index (κ2) is 6.15. The molecule has 2 rings (SSSR count). The molecule has 0 aliphatic carbocycles. The summed E-state index contributed by atoms with van der Waals surface area (Å²) in [5, 5.41) is 2.64. The molecule has 2 heterocycles. The number of carbonyl (C=O) groups excluding carboxylic acids is 1. The maximum atomic E-state index is 11.3. The number of carbonyl (C=O) groups is 1. The predicted octanol–water partition coefficient (Wildman–Crippen LogP) is 1.94. The van der Waals surface area contributed by atoms with Gasteiger partial charge in [0, 0.05) is 25.1 Å². The van der Waals surface area contributed by atoms with E-state index in [0.29, 0.717) is 11.8 Å². The number of rotatable bonds is 4. The van der Waals surface area contributed by atoms with Crippen molar-refractivity contribution < 1.29 is 14.3 Å². The maximum absolute atomic E-state index is 11.3. The average molecular weight is 270 g/mol. The Hall–Kier alpha value is -1.14. The number of methoxy groups -OCH3 is 1. The largest absolute Gasteiger partial charge is 0.464 e. The zero-order valence-corrected chi connectivity index (χ0v) is 11.5. The number of hydrogen-bond donors (Lipinski definition) is 0. The topological polar surface area (TPSA) is 51.7 Å². The molecule has 0 atom stereocenters. The van der Waals surface area contributed by atoms with Crippen LogP contribution in [0.2, 0.25) is 0 Å². The van der Waals surface area contributed by atoms with Crippen LogP contribution in [0.15, 0.2) is 5.38 Å². The van der Waals surface area contributed by atoms with Crippen molar-refractivity contribution >= 4 is 22.4 Å². The molecule has 0 amide bonds. The second-order valence-electron chi connectivity index (χ2n) is 4.15. The van der Waals surface area contributed by atoms with Gasteiger partial charge in [0.25, 0.3) is 0 Å². The molecule has 1 aromatic rings. The number of piperidine rings is 1. The van der Waals surface area contributed by atoms with E-state index in [1.54, 1.807) is 5.38 Å². The number of aromatic nitrogens is 1. The van der Waals surface area contributed by atoms with Crippen LogP contribution in [-0.2, 0) is 9.47 Å². The van der Waals surface area contributed by atoms with Gasteiger partial charge in [-0.2, -0.15) is 0 Å². The van der Waals surface area contributed by atoms with E-state index in [-0.39, 0.29) is 5.97 Å². The monoisotopic (exact) mass is 270 g/mol. The Morgan fingerprint density at radius 1 is 1.56 bits per heavy atom. The zero-order valence-electron chi connectivity index (χ0n) is 10.7. The summed E-state index contributed by atoms with van der Waals surface area (Å²) in [5.41, 5.74) is 0.393. The van der Waals surface area contributed by atoms with Crippen LogP contribution in [0.25, 0.3) is 0 Å². The van der Waals surface area contributed by atoms with Crippen LogP contribution < -0.4 is 4.90 Å². The summed E-state index contributed by atoms with van der Waals surface area (Å²) >= 11 is 1.49. The van der Waals surface area contributed by atoms with Gasteiger partial charge < -0.3 is 14.4 Å². The molecule has 5 nitrogen and oxygen atoms in total. The highest BCUT2D eigenvalue weighted by molar-refractivity contribution is 7.13. The third-order valence-electron chi connectivity index (χ3n) is 3.00. The first kappa shape index (κ1) is 13.3. The zero-order chi connectivity index (χ0) is 13.0. The van der Waals surface area contributed by atoms with Gasteiger partial charge in [-0.25, -0.2) is 9.78 Å². The lowest BCUT2D eigenvalue weighted by molar-refractivity contribution is 0.0458. The lowest BCUT2D eigenvalue weighted by Crippen LogP contribution is -2.37. The van der Waals surface area contributed by atoms with Crippen LogP contribution in [-0.4, -0.2) is 43.9 Å². The van der Waals surface area contributed by atoms with Crippen LogP contribution in [0.4, 0.5) is 5.13 Å². The molecule has 6 heteroatoms. The van der Waals surface area contributed by atoms with Crippen LogP contribution in [0.5, 0.6) is 0 Å². The van der Waals surface area contributed by atoms with Crippen molar-refractivity contribution in [3.05, 3.63) is 11.1 Å². The highest BCUT2D eigenvalue weighted by atomic mass is 32.1. The number of nitrogens with zero attached hydrogens (tertiary/aromatic N) is 2. The fourth-order valence-corrected chi connectivity index (χ4v) is 2.91. The molecule has 100 valence electrons. The van der Waals surface area contributed by atoms with Crippen molar-refractivity contribution in [2.75, 3.05) is 31.7 Å². The van der Waals surface area contributed by atoms with Gasteiger partial charge in [-0.3, -0.25) is 0 Å². The summed E-state index contributed by atoms with van der Waals surface area (Å²) in [5.74, 6) is -0.373. The van der Waals surface area contributed by atoms with Crippen LogP contribution in [0, 0.1) is 0 Å². The minimum Gasteiger partial charge on any atom is -0.464 e. The fourth-order valence-electron chi connectivity index (χ4n) is 2.06. The Morgan fingerprint density at radius 3 is 2.89 bits per heavy atom. The molecule has 1 saturated heterocycles. The Morgan fingerprint density at radius 2 is 2.28 bits per heavy atom. The molecule has 0 saturated carbocycles. The minimum absolute atomic E-state index is 0.367. The van der Waals surface area contributed by atoms with Gasteiger partial charge in [-0.05, 0) is 19.8 Å². The summed E-state index contributed by atoms with van der Waals surface area (Å²) in [6, 6.07) is 0. The molecule has 0 spiro atoms. The highest BCUT2D eigenvalue weighted by Gasteiger charge is 2.22. The molecule has 18 heavy (non-hydrogen) atoms. The van der Waals surface area contributed by atoms with Crippen molar-refractivity contribution in [1.82, 2.24) is 4.98 Å². The lowest BCUT2D eigenvalue weighted by atomic mass is 10.1. The van der Waals surface area contributed by atoms with Gasteiger partial charge in [0.1, 0.15) is 0 Å². The number of hydrogen-bond acceptors (Lipinski definition) is 6. The van der Waals surface area contributed by atoms with Crippen molar-refractivity contribution in [3.8, 4) is 0 Å². The van der Waals surface area contributed by atoms with E-state index in [1.165, 1.54) is 18.4 Å². The third kappa shape index (κ3) is 3.00. The second-order valence-corrected chi connectivity index (χ2v) is 4.99. The molecule has 0 radical (unpaired) electrons. The van der Waals surface area contributed by atoms with E-state index < -0.39 is 0 Å². The molecular weight excluding hydrogens is 252 g/mol. The van der Waals surface area contributed by atoms with Crippen molar-refractivity contribution in [1.29, 1.82) is 0 Å². The summed E-state index contributed by atoms with van der Waals surface area (Å²) in [6.45, 7) is 4.65. The quantitative estimate of drug-likeness (QED) is 0.783. The van der Waals surface area contributed by atoms with E-state index in [2.05, 4.69) is 14.6 Å². The highest BCUT2D eigenvalue weighted by Crippen LogP contribution is 2.25. The fraction of sp³-hybridized carbons (Fsp3) is 0.667. The first-order valence-electron chi connectivity index (χ1n) is 6.15. The van der Waals surface area contributed by atoms with Gasteiger partial charge in [0.2, 0.25) is 0 Å². The first-order valence-corrected chi connectivity index (χ1v) is 7.03. The van der Waals surface area contributed by atoms with Crippen molar-refractivity contribution in [2.45, 2.75) is 25.9 Å². The van der Waals surface area contributed by atoms with Crippen LogP contribution >= 0.6 is 11.3 Å². The van der Waals surface area contributed by atoms with E-state index >= 15 is 0 Å². The Balaban J connectivity index is 1.93. The smallest absolute Gasteiger partial charge is 0.357 e. The van der Waals surface area contributed by atoms with Crippen molar-refractivity contribution in [2.24, 2.45) is 0 Å².